The number of hydrogen-bond donors (Lipinski definition) is 2. The Kier molecular flexibility index (Phi) is 11.7. The molecular formula is C18H28O9. The molecule has 0 aliphatic rings. The fraction of sp³-hybridized carbons (Fsp3) is 0.667. The van der Waals surface area contributed by atoms with Crippen molar-refractivity contribution in [1.29, 1.82) is 0 Å². The average molecular weight is 388 g/mol. The Morgan fingerprint density at radius 3 is 1.89 bits per heavy atom. The maximum absolute atomic E-state index is 11.6. The van der Waals surface area contributed by atoms with Gasteiger partial charge >= 0.3 is 23.9 Å². The van der Waals surface area contributed by atoms with E-state index >= 15 is 0 Å². The molecule has 0 heterocycles. The molecule has 0 aromatic heterocycles. The molecule has 0 spiro atoms. The van der Waals surface area contributed by atoms with Crippen molar-refractivity contribution < 1.29 is 43.6 Å². The minimum atomic E-state index is -1.38. The molecule has 0 aromatic carbocycles. The highest BCUT2D eigenvalue weighted by Crippen LogP contribution is 2.22. The van der Waals surface area contributed by atoms with Crippen molar-refractivity contribution in [3.63, 3.8) is 0 Å². The second kappa shape index (κ2) is 12.9. The van der Waals surface area contributed by atoms with E-state index in [2.05, 4.69) is 0 Å². The van der Waals surface area contributed by atoms with E-state index < -0.39 is 48.3 Å². The van der Waals surface area contributed by atoms with Crippen molar-refractivity contribution in [3.8, 4) is 0 Å². The lowest BCUT2D eigenvalue weighted by atomic mass is 9.96. The second-order valence-corrected chi connectivity index (χ2v) is 5.98. The van der Waals surface area contributed by atoms with Crippen LogP contribution in [0.4, 0.5) is 0 Å². The van der Waals surface area contributed by atoms with E-state index in [1.165, 1.54) is 13.0 Å². The fourth-order valence-electron chi connectivity index (χ4n) is 2.45. The molecule has 2 N–H and O–H groups in total. The van der Waals surface area contributed by atoms with Crippen molar-refractivity contribution in [2.24, 2.45) is 0 Å². The fourth-order valence-corrected chi connectivity index (χ4v) is 2.45. The molecule has 0 saturated heterocycles. The molecule has 154 valence electrons. The monoisotopic (exact) mass is 388 g/mol. The Morgan fingerprint density at radius 2 is 1.44 bits per heavy atom. The minimum absolute atomic E-state index is 0.178. The molecule has 9 nitrogen and oxygen atoms in total. The highest BCUT2D eigenvalue weighted by Gasteiger charge is 2.40. The highest BCUT2D eigenvalue weighted by atomic mass is 16.6. The maximum Gasteiger partial charge on any atom is 0.327 e. The van der Waals surface area contributed by atoms with E-state index in [4.69, 9.17) is 19.3 Å². The molecule has 0 aliphatic carbocycles. The Labute approximate surface area is 158 Å². The number of unbranched alkanes of at least 4 members (excludes halogenated alkanes) is 1. The lowest BCUT2D eigenvalue weighted by Gasteiger charge is -2.34. The van der Waals surface area contributed by atoms with Gasteiger partial charge in [-0.05, 0) is 19.3 Å². The summed E-state index contributed by atoms with van der Waals surface area (Å²) in [7, 11) is 0. The van der Waals surface area contributed by atoms with Crippen molar-refractivity contribution in [3.05, 3.63) is 12.2 Å². The summed E-state index contributed by atoms with van der Waals surface area (Å²) in [6.45, 7) is 5.36. The molecule has 0 aliphatic heterocycles. The van der Waals surface area contributed by atoms with Crippen LogP contribution in [0.2, 0.25) is 0 Å². The summed E-state index contributed by atoms with van der Waals surface area (Å²) < 4.78 is 15.6. The summed E-state index contributed by atoms with van der Waals surface area (Å²) in [5.74, 6) is -3.27. The van der Waals surface area contributed by atoms with Gasteiger partial charge in [-0.15, -0.1) is 0 Å². The van der Waals surface area contributed by atoms with Crippen molar-refractivity contribution >= 4 is 23.9 Å². The van der Waals surface area contributed by atoms with Crippen molar-refractivity contribution in [2.75, 3.05) is 0 Å². The van der Waals surface area contributed by atoms with Crippen LogP contribution >= 0.6 is 0 Å². The zero-order chi connectivity index (χ0) is 21.0. The summed E-state index contributed by atoms with van der Waals surface area (Å²) >= 11 is 0. The number of carboxylic acids is 1. The number of aliphatic hydroxyl groups is 1. The third-order valence-corrected chi connectivity index (χ3v) is 3.47. The van der Waals surface area contributed by atoms with E-state index in [1.54, 1.807) is 0 Å². The van der Waals surface area contributed by atoms with Crippen LogP contribution in [0.3, 0.4) is 0 Å². The molecule has 9 heteroatoms. The van der Waals surface area contributed by atoms with Crippen LogP contribution in [-0.4, -0.2) is 58.5 Å². The van der Waals surface area contributed by atoms with E-state index in [1.807, 2.05) is 6.92 Å². The lowest BCUT2D eigenvalue weighted by molar-refractivity contribution is -0.193. The van der Waals surface area contributed by atoms with Gasteiger partial charge in [-0.1, -0.05) is 19.4 Å². The van der Waals surface area contributed by atoms with Gasteiger partial charge in [0.25, 0.3) is 0 Å². The van der Waals surface area contributed by atoms with Crippen molar-refractivity contribution in [2.45, 2.75) is 77.8 Å². The van der Waals surface area contributed by atoms with Gasteiger partial charge in [0, 0.05) is 26.8 Å². The van der Waals surface area contributed by atoms with Crippen LogP contribution in [0.15, 0.2) is 12.2 Å². The van der Waals surface area contributed by atoms with Gasteiger partial charge in [0.15, 0.2) is 12.2 Å². The van der Waals surface area contributed by atoms with Crippen molar-refractivity contribution in [1.82, 2.24) is 0 Å². The number of aliphatic hydroxyl groups excluding tert-OH is 1. The first-order chi connectivity index (χ1) is 12.6. The van der Waals surface area contributed by atoms with Crippen LogP contribution in [0, 0.1) is 0 Å². The second-order valence-electron chi connectivity index (χ2n) is 5.98. The number of carbonyl (C=O) groups is 4. The first kappa shape index (κ1) is 24.6. The van der Waals surface area contributed by atoms with Crippen LogP contribution in [0.1, 0.15) is 53.4 Å². The minimum Gasteiger partial charge on any atom is -0.478 e. The summed E-state index contributed by atoms with van der Waals surface area (Å²) in [5.41, 5.74) is 0. The standard InChI is InChI=1S/C18H28O9/c1-5-6-9-15(25-11(2)19)18(27-13(4)21)17(26-12(3)20)14(22)8-7-10-16(23)24/h7,10,14-15,17-18,22H,5-6,8-9H2,1-4H3,(H,23,24). The number of esters is 3. The predicted molar refractivity (Wildman–Crippen MR) is 93.6 cm³/mol. The topological polar surface area (TPSA) is 136 Å². The Bertz CT molecular complexity index is 541. The first-order valence-corrected chi connectivity index (χ1v) is 8.67. The molecule has 0 rings (SSSR count). The van der Waals surface area contributed by atoms with Gasteiger partial charge < -0.3 is 24.4 Å². The van der Waals surface area contributed by atoms with Crippen LogP contribution in [0.5, 0.6) is 0 Å². The Morgan fingerprint density at radius 1 is 0.926 bits per heavy atom. The van der Waals surface area contributed by atoms with Crippen LogP contribution in [-0.2, 0) is 33.4 Å². The molecule has 4 atom stereocenters. The van der Waals surface area contributed by atoms with Gasteiger partial charge in [0.05, 0.1) is 6.10 Å². The summed E-state index contributed by atoms with van der Waals surface area (Å²) in [6.07, 6.45) is -1.34. The van der Waals surface area contributed by atoms with Gasteiger partial charge in [0.2, 0.25) is 0 Å². The first-order valence-electron chi connectivity index (χ1n) is 8.67. The normalized spacial score (nSPS) is 15.4. The Balaban J connectivity index is 5.71. The third kappa shape index (κ3) is 11.0. The molecule has 0 radical (unpaired) electrons. The molecular weight excluding hydrogens is 360 g/mol. The zero-order valence-electron chi connectivity index (χ0n) is 16.0. The molecule has 4 unspecified atom stereocenters. The number of rotatable bonds is 12. The smallest absolute Gasteiger partial charge is 0.327 e. The molecule has 0 amide bonds. The molecule has 0 bridgehead atoms. The molecule has 27 heavy (non-hydrogen) atoms. The molecule has 0 aromatic rings. The maximum atomic E-state index is 11.6. The number of hydrogen-bond acceptors (Lipinski definition) is 8. The van der Waals surface area contributed by atoms with E-state index in [0.717, 1.165) is 26.3 Å². The predicted octanol–water partition coefficient (Wildman–Crippen LogP) is 1.36. The summed E-state index contributed by atoms with van der Waals surface area (Å²) in [5, 5.41) is 19.1. The number of ether oxygens (including phenoxy) is 3. The molecule has 0 saturated carbocycles. The lowest BCUT2D eigenvalue weighted by Crippen LogP contribution is -2.50. The quantitative estimate of drug-likeness (QED) is 0.288. The van der Waals surface area contributed by atoms with Crippen LogP contribution in [0.25, 0.3) is 0 Å². The van der Waals surface area contributed by atoms with Gasteiger partial charge in [0.1, 0.15) is 6.10 Å². The van der Waals surface area contributed by atoms with Gasteiger partial charge in [-0.3, -0.25) is 14.4 Å². The van der Waals surface area contributed by atoms with Gasteiger partial charge in [-0.2, -0.15) is 0 Å². The van der Waals surface area contributed by atoms with E-state index in [9.17, 15) is 24.3 Å². The summed E-state index contributed by atoms with van der Waals surface area (Å²) in [6, 6.07) is 0. The SMILES string of the molecule is CCCCC(OC(C)=O)C(OC(C)=O)C(OC(C)=O)C(O)CC=CC(=O)O. The van der Waals surface area contributed by atoms with Gasteiger partial charge in [-0.25, -0.2) is 4.79 Å². The number of carboxylic acid groups (broad SMARTS) is 1. The zero-order valence-corrected chi connectivity index (χ0v) is 16.0. The number of aliphatic carboxylic acids is 1. The third-order valence-electron chi connectivity index (χ3n) is 3.47. The Hall–Kier alpha value is -2.42. The van der Waals surface area contributed by atoms with E-state index in [-0.39, 0.29) is 6.42 Å². The van der Waals surface area contributed by atoms with E-state index in [0.29, 0.717) is 12.8 Å². The van der Waals surface area contributed by atoms with Crippen LogP contribution < -0.4 is 0 Å². The average Bonchev–Trinajstić information content (AvgIpc) is 2.53. The number of carbonyl (C=O) groups excluding carboxylic acids is 3. The highest BCUT2D eigenvalue weighted by molar-refractivity contribution is 5.79. The molecule has 0 fully saturated rings. The largest absolute Gasteiger partial charge is 0.478 e. The summed E-state index contributed by atoms with van der Waals surface area (Å²) in [4.78, 5) is 45.1.